The molecule has 2 aliphatic rings. The highest BCUT2D eigenvalue weighted by molar-refractivity contribution is 7.13. The third-order valence-electron chi connectivity index (χ3n) is 9.21. The number of piperazine rings is 1. The van der Waals surface area contributed by atoms with E-state index in [-0.39, 0.29) is 49.1 Å². The zero-order chi connectivity index (χ0) is 34.3. The number of unbranched alkanes of at least 4 members (excludes halogenated alkanes) is 2. The molecule has 2 fully saturated rings. The number of thiazole rings is 1. The van der Waals surface area contributed by atoms with Crippen LogP contribution in [-0.2, 0) is 19.2 Å². The number of rotatable bonds is 12. The standard InChI is InChI=1S/C35H52N6O5S/c1-23(25-12-14-26(15-13-25)31-24(2)36-22-47-31)37-33(45)28-20-27(42)21-41(28)34(46)32(35(3,4)5)38-29(43)10-8-7-9-11-30(44)40-18-16-39(6)17-19-40/h12-15,22-23,27-28,32,42H,7-11,16-21H2,1-6H3,(H,37,45)(H,38,43)/t23-,27+,28-,32+/m0/s1. The Labute approximate surface area is 283 Å². The molecule has 0 radical (unpaired) electrons. The van der Waals surface area contributed by atoms with Crippen molar-refractivity contribution in [2.24, 2.45) is 5.41 Å². The van der Waals surface area contributed by atoms with Gasteiger partial charge in [-0.1, -0.05) is 51.5 Å². The van der Waals surface area contributed by atoms with E-state index in [1.165, 1.54) is 4.90 Å². The fraction of sp³-hybridized carbons (Fsp3) is 0.629. The van der Waals surface area contributed by atoms with Crippen LogP contribution in [0.3, 0.4) is 0 Å². The van der Waals surface area contributed by atoms with E-state index in [0.29, 0.717) is 12.8 Å². The summed E-state index contributed by atoms with van der Waals surface area (Å²) in [5.41, 5.74) is 4.16. The molecule has 2 saturated heterocycles. The Bertz CT molecular complexity index is 1380. The Morgan fingerprint density at radius 1 is 1.00 bits per heavy atom. The number of nitrogens with one attached hydrogen (secondary N) is 2. The lowest BCUT2D eigenvalue weighted by Gasteiger charge is -2.35. The Kier molecular flexibility index (Phi) is 12.5. The van der Waals surface area contributed by atoms with Gasteiger partial charge in [0.25, 0.3) is 0 Å². The normalized spacial score (nSPS) is 20.1. The van der Waals surface area contributed by atoms with E-state index in [9.17, 15) is 24.3 Å². The minimum Gasteiger partial charge on any atom is -0.391 e. The molecule has 4 rings (SSSR count). The van der Waals surface area contributed by atoms with Crippen molar-refractivity contribution >= 4 is 35.0 Å². The van der Waals surface area contributed by atoms with Crippen LogP contribution < -0.4 is 10.6 Å². The molecule has 0 spiro atoms. The molecule has 47 heavy (non-hydrogen) atoms. The number of hydrogen-bond acceptors (Lipinski definition) is 8. The van der Waals surface area contributed by atoms with Gasteiger partial charge >= 0.3 is 0 Å². The maximum absolute atomic E-state index is 13.9. The first-order valence-corrected chi connectivity index (χ1v) is 17.7. The van der Waals surface area contributed by atoms with Crippen LogP contribution in [0, 0.1) is 12.3 Å². The quantitative estimate of drug-likeness (QED) is 0.295. The van der Waals surface area contributed by atoms with E-state index >= 15 is 0 Å². The predicted molar refractivity (Wildman–Crippen MR) is 184 cm³/mol. The number of amides is 4. The van der Waals surface area contributed by atoms with E-state index in [4.69, 9.17) is 0 Å². The fourth-order valence-electron chi connectivity index (χ4n) is 6.20. The van der Waals surface area contributed by atoms with Crippen molar-refractivity contribution in [3.8, 4) is 10.4 Å². The molecular weight excluding hydrogens is 616 g/mol. The monoisotopic (exact) mass is 668 g/mol. The van der Waals surface area contributed by atoms with Gasteiger partial charge in [-0.25, -0.2) is 4.98 Å². The van der Waals surface area contributed by atoms with Crippen molar-refractivity contribution in [3.05, 3.63) is 41.0 Å². The highest BCUT2D eigenvalue weighted by Crippen LogP contribution is 2.29. The summed E-state index contributed by atoms with van der Waals surface area (Å²) < 4.78 is 0. The molecule has 2 aliphatic heterocycles. The molecular formula is C35H52N6O5S. The van der Waals surface area contributed by atoms with Crippen molar-refractivity contribution in [2.75, 3.05) is 39.8 Å². The van der Waals surface area contributed by atoms with E-state index in [0.717, 1.165) is 60.7 Å². The van der Waals surface area contributed by atoms with E-state index in [1.807, 2.05) is 69.3 Å². The number of likely N-dealkylation sites (N-methyl/N-ethyl adjacent to an activating group) is 1. The number of carbonyl (C=O) groups excluding carboxylic acids is 4. The molecule has 4 amide bonds. The van der Waals surface area contributed by atoms with Gasteiger partial charge in [0.15, 0.2) is 0 Å². The van der Waals surface area contributed by atoms with Gasteiger partial charge < -0.3 is 30.4 Å². The molecule has 0 aliphatic carbocycles. The summed E-state index contributed by atoms with van der Waals surface area (Å²) in [6.07, 6.45) is 2.09. The zero-order valence-electron chi connectivity index (χ0n) is 28.8. The van der Waals surface area contributed by atoms with Gasteiger partial charge in [-0.3, -0.25) is 19.2 Å². The zero-order valence-corrected chi connectivity index (χ0v) is 29.6. The molecule has 2 aromatic rings. The van der Waals surface area contributed by atoms with Gasteiger partial charge in [-0.15, -0.1) is 11.3 Å². The first-order chi connectivity index (χ1) is 22.2. The van der Waals surface area contributed by atoms with Gasteiger partial charge in [0.05, 0.1) is 28.2 Å². The molecule has 0 bridgehead atoms. The largest absolute Gasteiger partial charge is 0.391 e. The second kappa shape index (κ2) is 16.2. The van der Waals surface area contributed by atoms with E-state index in [1.54, 1.807) is 11.3 Å². The summed E-state index contributed by atoms with van der Waals surface area (Å²) in [7, 11) is 2.06. The van der Waals surface area contributed by atoms with Crippen LogP contribution in [-0.4, -0.2) is 106 Å². The smallest absolute Gasteiger partial charge is 0.246 e. The number of aliphatic hydroxyl groups is 1. The maximum Gasteiger partial charge on any atom is 0.246 e. The molecule has 3 N–H and O–H groups in total. The third kappa shape index (κ3) is 9.84. The fourth-order valence-corrected chi connectivity index (χ4v) is 7.01. The number of carbonyl (C=O) groups is 4. The lowest BCUT2D eigenvalue weighted by molar-refractivity contribution is -0.144. The van der Waals surface area contributed by atoms with Crippen LogP contribution in [0.1, 0.15) is 83.5 Å². The number of aromatic nitrogens is 1. The van der Waals surface area contributed by atoms with Crippen LogP contribution in [0.25, 0.3) is 10.4 Å². The first-order valence-electron chi connectivity index (χ1n) is 16.8. The van der Waals surface area contributed by atoms with E-state index in [2.05, 4.69) is 27.6 Å². The average Bonchev–Trinajstić information content (AvgIpc) is 3.64. The third-order valence-corrected chi connectivity index (χ3v) is 10.2. The molecule has 258 valence electrons. The van der Waals surface area contributed by atoms with Gasteiger partial charge in [-0.05, 0) is 50.3 Å². The minimum absolute atomic E-state index is 0.0258. The molecule has 11 nitrogen and oxygen atoms in total. The van der Waals surface area contributed by atoms with Crippen molar-refractivity contribution in [2.45, 2.75) is 97.4 Å². The number of aryl methyl sites for hydroxylation is 1. The van der Waals surface area contributed by atoms with Crippen LogP contribution in [0.5, 0.6) is 0 Å². The molecule has 0 unspecified atom stereocenters. The summed E-state index contributed by atoms with van der Waals surface area (Å²) in [6.45, 7) is 12.8. The molecule has 0 saturated carbocycles. The van der Waals surface area contributed by atoms with Crippen molar-refractivity contribution < 1.29 is 24.3 Å². The van der Waals surface area contributed by atoms with Gasteiger partial charge in [0.2, 0.25) is 23.6 Å². The van der Waals surface area contributed by atoms with Crippen LogP contribution in [0.15, 0.2) is 29.8 Å². The van der Waals surface area contributed by atoms with Crippen LogP contribution in [0.4, 0.5) is 0 Å². The second-order valence-electron chi connectivity index (χ2n) is 14.1. The lowest BCUT2D eigenvalue weighted by atomic mass is 9.85. The van der Waals surface area contributed by atoms with Crippen molar-refractivity contribution in [3.63, 3.8) is 0 Å². The number of aliphatic hydroxyl groups excluding tert-OH is 1. The first kappa shape index (κ1) is 36.5. The summed E-state index contributed by atoms with van der Waals surface area (Å²) in [5.74, 6) is -0.788. The Hall–Kier alpha value is -3.35. The predicted octanol–water partition coefficient (Wildman–Crippen LogP) is 3.51. The molecule has 1 aromatic carbocycles. The van der Waals surface area contributed by atoms with Crippen LogP contribution >= 0.6 is 11.3 Å². The number of likely N-dealkylation sites (tertiary alicyclic amines) is 1. The molecule has 4 atom stereocenters. The Morgan fingerprint density at radius 3 is 2.28 bits per heavy atom. The van der Waals surface area contributed by atoms with E-state index < -0.39 is 23.6 Å². The summed E-state index contributed by atoms with van der Waals surface area (Å²) in [6, 6.07) is 5.94. The number of nitrogens with zero attached hydrogens (tertiary/aromatic N) is 4. The highest BCUT2D eigenvalue weighted by atomic mass is 32.1. The molecule has 12 heteroatoms. The highest BCUT2D eigenvalue weighted by Gasteiger charge is 2.44. The van der Waals surface area contributed by atoms with Gasteiger partial charge in [-0.2, -0.15) is 0 Å². The minimum atomic E-state index is -0.866. The Balaban J connectivity index is 1.29. The van der Waals surface area contributed by atoms with Gasteiger partial charge in [0.1, 0.15) is 12.1 Å². The average molecular weight is 669 g/mol. The SMILES string of the molecule is Cc1ncsc1-c1ccc([C@H](C)NC(=O)[C@@H]2C[C@@H](O)CN2C(=O)[C@@H](NC(=O)CCCCCC(=O)N2CCN(C)CC2)C(C)(C)C)cc1. The second-order valence-corrected chi connectivity index (χ2v) is 15.0. The van der Waals surface area contributed by atoms with Crippen molar-refractivity contribution in [1.82, 2.24) is 30.3 Å². The Morgan fingerprint density at radius 2 is 1.66 bits per heavy atom. The summed E-state index contributed by atoms with van der Waals surface area (Å²) in [5, 5.41) is 16.5. The summed E-state index contributed by atoms with van der Waals surface area (Å²) >= 11 is 1.58. The van der Waals surface area contributed by atoms with Crippen LogP contribution in [0.2, 0.25) is 0 Å². The topological polar surface area (TPSA) is 135 Å². The molecule has 3 heterocycles. The molecule has 1 aromatic heterocycles. The summed E-state index contributed by atoms with van der Waals surface area (Å²) in [4.78, 5) is 63.9. The van der Waals surface area contributed by atoms with Gasteiger partial charge in [0, 0.05) is 52.0 Å². The number of hydrogen-bond donors (Lipinski definition) is 3. The number of β-amino-alcohol motifs (C(OH)–C–C–N with tert-alkyl or cyclic N) is 1. The number of benzene rings is 1. The maximum atomic E-state index is 13.9. The lowest BCUT2D eigenvalue weighted by Crippen LogP contribution is -2.57. The van der Waals surface area contributed by atoms with Crippen molar-refractivity contribution in [1.29, 1.82) is 0 Å².